The van der Waals surface area contributed by atoms with Crippen molar-refractivity contribution in [2.45, 2.75) is 37.0 Å². The van der Waals surface area contributed by atoms with Crippen molar-refractivity contribution < 1.29 is 9.59 Å². The van der Waals surface area contributed by atoms with Crippen LogP contribution in [-0.2, 0) is 4.79 Å². The lowest BCUT2D eigenvalue weighted by Gasteiger charge is -2.30. The second-order valence-corrected chi connectivity index (χ2v) is 6.71. The molecule has 2 aliphatic rings. The van der Waals surface area contributed by atoms with Gasteiger partial charge in [0.15, 0.2) is 5.96 Å². The zero-order valence-corrected chi connectivity index (χ0v) is 16.8. The second kappa shape index (κ2) is 10.2. The van der Waals surface area contributed by atoms with Gasteiger partial charge in [0.05, 0.1) is 6.54 Å². The summed E-state index contributed by atoms with van der Waals surface area (Å²) in [6.45, 7) is 0.949. The number of thioether (sulfide) groups is 1. The van der Waals surface area contributed by atoms with E-state index >= 15 is 0 Å². The van der Waals surface area contributed by atoms with Gasteiger partial charge >= 0.3 is 6.03 Å². The van der Waals surface area contributed by atoms with E-state index in [4.69, 9.17) is 0 Å². The van der Waals surface area contributed by atoms with E-state index in [9.17, 15) is 9.59 Å². The number of imide groups is 1. The number of hydrogen-bond donors (Lipinski definition) is 3. The largest absolute Gasteiger partial charge is 0.355 e. The van der Waals surface area contributed by atoms with E-state index in [0.717, 1.165) is 24.1 Å². The van der Waals surface area contributed by atoms with Gasteiger partial charge in [0.25, 0.3) is 0 Å². The van der Waals surface area contributed by atoms with Gasteiger partial charge in [-0.05, 0) is 25.5 Å². The summed E-state index contributed by atoms with van der Waals surface area (Å²) in [5.74, 6) is 0.559. The van der Waals surface area contributed by atoms with Crippen LogP contribution in [0.4, 0.5) is 4.79 Å². The maximum atomic E-state index is 11.5. The van der Waals surface area contributed by atoms with Gasteiger partial charge in [0.1, 0.15) is 0 Å². The number of halogens is 1. The molecule has 0 radical (unpaired) electrons. The van der Waals surface area contributed by atoms with Crippen molar-refractivity contribution in [3.8, 4) is 0 Å². The lowest BCUT2D eigenvalue weighted by Crippen LogP contribution is -2.48. The van der Waals surface area contributed by atoms with E-state index < -0.39 is 0 Å². The number of carbonyl (C=O) groups excluding carboxylic acids is 2. The molecule has 0 aromatic heterocycles. The van der Waals surface area contributed by atoms with Crippen molar-refractivity contribution in [1.82, 2.24) is 20.9 Å². The van der Waals surface area contributed by atoms with Crippen molar-refractivity contribution in [2.75, 3.05) is 32.9 Å². The number of nitrogens with one attached hydrogen (secondary N) is 3. The predicted octanol–water partition coefficient (Wildman–Crippen LogP) is 0.995. The van der Waals surface area contributed by atoms with Gasteiger partial charge in [-0.3, -0.25) is 14.7 Å². The van der Waals surface area contributed by atoms with Crippen molar-refractivity contribution >= 4 is 53.6 Å². The molecule has 1 heterocycles. The van der Waals surface area contributed by atoms with Crippen LogP contribution in [0.3, 0.4) is 0 Å². The number of nitrogens with zero attached hydrogens (tertiary/aromatic N) is 2. The Morgan fingerprint density at radius 2 is 2.22 bits per heavy atom. The summed E-state index contributed by atoms with van der Waals surface area (Å²) in [4.78, 5) is 28.4. The average Bonchev–Trinajstić information content (AvgIpc) is 2.85. The molecule has 0 aromatic rings. The van der Waals surface area contributed by atoms with E-state index in [1.165, 1.54) is 17.7 Å². The zero-order valence-electron chi connectivity index (χ0n) is 13.6. The third-order valence-corrected chi connectivity index (χ3v) is 5.18. The maximum Gasteiger partial charge on any atom is 0.324 e. The number of hydrogen-bond acceptors (Lipinski definition) is 4. The molecule has 7 nitrogen and oxygen atoms in total. The summed E-state index contributed by atoms with van der Waals surface area (Å²) in [6, 6.07) is 0.124. The molecule has 23 heavy (non-hydrogen) atoms. The van der Waals surface area contributed by atoms with Gasteiger partial charge in [-0.15, -0.1) is 24.0 Å². The van der Waals surface area contributed by atoms with Crippen LogP contribution < -0.4 is 16.0 Å². The molecule has 2 unspecified atom stereocenters. The van der Waals surface area contributed by atoms with Crippen LogP contribution in [0.25, 0.3) is 0 Å². The molecular formula is C14H26IN5O2S. The maximum absolute atomic E-state index is 11.5. The molecule has 2 atom stereocenters. The Labute approximate surface area is 158 Å². The molecule has 3 amide bonds. The van der Waals surface area contributed by atoms with Gasteiger partial charge in [-0.2, -0.15) is 11.8 Å². The molecule has 1 aliphatic carbocycles. The lowest BCUT2D eigenvalue weighted by atomic mass is 9.95. The van der Waals surface area contributed by atoms with Gasteiger partial charge < -0.3 is 16.0 Å². The van der Waals surface area contributed by atoms with Crippen molar-refractivity contribution in [1.29, 1.82) is 0 Å². The third-order valence-electron chi connectivity index (χ3n) is 4.09. The Morgan fingerprint density at radius 3 is 2.83 bits per heavy atom. The van der Waals surface area contributed by atoms with Crippen LogP contribution in [0, 0.1) is 0 Å². The lowest BCUT2D eigenvalue weighted by molar-refractivity contribution is -0.124. The quantitative estimate of drug-likeness (QED) is 0.249. The summed E-state index contributed by atoms with van der Waals surface area (Å²) in [5.41, 5.74) is 0. The standard InChI is InChI=1S/C14H25N5O2S.HI/c1-15-13(18-10-4-3-5-11(8-10)22-2)16-6-7-19-12(20)9-17-14(19)21;/h10-11H,3-9H2,1-2H3,(H,17,21)(H2,15,16,18);1H. The smallest absolute Gasteiger partial charge is 0.324 e. The zero-order chi connectivity index (χ0) is 15.9. The molecule has 0 bridgehead atoms. The topological polar surface area (TPSA) is 85.8 Å². The summed E-state index contributed by atoms with van der Waals surface area (Å²) >= 11 is 1.93. The average molecular weight is 455 g/mol. The van der Waals surface area contributed by atoms with Crippen molar-refractivity contribution in [3.63, 3.8) is 0 Å². The number of amides is 3. The number of urea groups is 1. The minimum absolute atomic E-state index is 0. The number of guanidine groups is 1. The van der Waals surface area contributed by atoms with Gasteiger partial charge in [0.2, 0.25) is 5.91 Å². The van der Waals surface area contributed by atoms with E-state index in [1.54, 1.807) is 7.05 Å². The molecule has 2 rings (SSSR count). The van der Waals surface area contributed by atoms with Crippen LogP contribution >= 0.6 is 35.7 Å². The highest BCUT2D eigenvalue weighted by molar-refractivity contribution is 14.0. The Balaban J connectivity index is 0.00000264. The van der Waals surface area contributed by atoms with Crippen LogP contribution in [0.5, 0.6) is 0 Å². The Morgan fingerprint density at radius 1 is 1.43 bits per heavy atom. The second-order valence-electron chi connectivity index (χ2n) is 5.57. The highest BCUT2D eigenvalue weighted by atomic mass is 127. The Kier molecular flexibility index (Phi) is 9.03. The number of aliphatic imine (C=N–C) groups is 1. The van der Waals surface area contributed by atoms with Crippen LogP contribution in [0.1, 0.15) is 25.7 Å². The molecule has 9 heteroatoms. The molecule has 2 fully saturated rings. The monoisotopic (exact) mass is 455 g/mol. The highest BCUT2D eigenvalue weighted by Crippen LogP contribution is 2.26. The van der Waals surface area contributed by atoms with E-state index in [2.05, 4.69) is 27.2 Å². The first kappa shape index (κ1) is 20.3. The van der Waals surface area contributed by atoms with Gasteiger partial charge in [-0.1, -0.05) is 6.42 Å². The minimum Gasteiger partial charge on any atom is -0.355 e. The van der Waals surface area contributed by atoms with Crippen LogP contribution in [-0.4, -0.2) is 67.0 Å². The van der Waals surface area contributed by atoms with Gasteiger partial charge in [-0.25, -0.2) is 4.79 Å². The number of rotatable bonds is 5. The molecule has 0 aromatic carbocycles. The molecule has 1 aliphatic heterocycles. The van der Waals surface area contributed by atoms with Crippen LogP contribution in [0.2, 0.25) is 0 Å². The first-order valence-corrected chi connectivity index (χ1v) is 9.01. The van der Waals surface area contributed by atoms with Gasteiger partial charge in [0, 0.05) is 31.4 Å². The fourth-order valence-electron chi connectivity index (χ4n) is 2.85. The normalized spacial score (nSPS) is 25.0. The first-order valence-electron chi connectivity index (χ1n) is 7.72. The third kappa shape index (κ3) is 6.02. The summed E-state index contributed by atoms with van der Waals surface area (Å²) < 4.78 is 0. The predicted molar refractivity (Wildman–Crippen MR) is 105 cm³/mol. The minimum atomic E-state index is -0.315. The number of carbonyl (C=O) groups is 2. The van der Waals surface area contributed by atoms with E-state index in [-0.39, 0.29) is 42.5 Å². The molecule has 1 saturated heterocycles. The van der Waals surface area contributed by atoms with Crippen molar-refractivity contribution in [3.05, 3.63) is 0 Å². The Hall–Kier alpha value is -0.710. The first-order chi connectivity index (χ1) is 10.6. The summed E-state index contributed by atoms with van der Waals surface area (Å²) in [6.07, 6.45) is 7.00. The molecule has 1 saturated carbocycles. The fourth-order valence-corrected chi connectivity index (χ4v) is 3.67. The van der Waals surface area contributed by atoms with Crippen molar-refractivity contribution in [2.24, 2.45) is 4.99 Å². The molecule has 132 valence electrons. The van der Waals surface area contributed by atoms with E-state index in [1.807, 2.05) is 11.8 Å². The highest BCUT2D eigenvalue weighted by Gasteiger charge is 2.28. The molecular weight excluding hydrogens is 429 g/mol. The summed E-state index contributed by atoms with van der Waals surface area (Å²) in [7, 11) is 1.73. The summed E-state index contributed by atoms with van der Waals surface area (Å²) in [5, 5.41) is 9.84. The van der Waals surface area contributed by atoms with Crippen LogP contribution in [0.15, 0.2) is 4.99 Å². The van der Waals surface area contributed by atoms with E-state index in [0.29, 0.717) is 19.1 Å². The molecule has 0 spiro atoms. The Bertz CT molecular complexity index is 433. The fraction of sp³-hybridized carbons (Fsp3) is 0.786. The SMILES string of the molecule is CN=C(NCCN1C(=O)CNC1=O)NC1CCCC(SC)C1.I. The molecule has 3 N–H and O–H groups in total.